The van der Waals surface area contributed by atoms with Crippen LogP contribution in [0.5, 0.6) is 0 Å². The second kappa shape index (κ2) is 7.84. The Balaban J connectivity index is 1.75. The average molecular weight is 297 g/mol. The van der Waals surface area contributed by atoms with Gasteiger partial charge in [0.1, 0.15) is 12.4 Å². The van der Waals surface area contributed by atoms with Gasteiger partial charge in [0.15, 0.2) is 0 Å². The molecule has 0 aromatic heterocycles. The summed E-state index contributed by atoms with van der Waals surface area (Å²) >= 11 is 0. The van der Waals surface area contributed by atoms with Gasteiger partial charge in [-0.2, -0.15) is 0 Å². The molecule has 1 N–H and O–H groups in total. The number of amides is 1. The number of halogens is 1. The van der Waals surface area contributed by atoms with Gasteiger partial charge in [0, 0.05) is 5.56 Å². The van der Waals surface area contributed by atoms with E-state index < -0.39 is 6.09 Å². The molecule has 0 unspecified atom stereocenters. The van der Waals surface area contributed by atoms with Gasteiger partial charge in [-0.15, -0.1) is 0 Å². The van der Waals surface area contributed by atoms with E-state index in [2.05, 4.69) is 17.2 Å². The number of ether oxygens (including phenoxy) is 1. The Bertz CT molecular complexity index is 702. The summed E-state index contributed by atoms with van der Waals surface area (Å²) < 4.78 is 18.4. The van der Waals surface area contributed by atoms with E-state index in [1.807, 2.05) is 30.3 Å². The summed E-state index contributed by atoms with van der Waals surface area (Å²) in [7, 11) is 0. The van der Waals surface area contributed by atoms with Gasteiger partial charge in [-0.1, -0.05) is 48.2 Å². The number of hydrogen-bond acceptors (Lipinski definition) is 2. The third kappa shape index (κ3) is 4.95. The first-order chi connectivity index (χ1) is 10.6. The van der Waals surface area contributed by atoms with Crippen LogP contribution in [0, 0.1) is 24.6 Å². The lowest BCUT2D eigenvalue weighted by Crippen LogP contribution is -2.24. The molecular formula is C18H16FNO2. The minimum atomic E-state index is -0.534. The van der Waals surface area contributed by atoms with E-state index in [1.165, 1.54) is 6.07 Å². The lowest BCUT2D eigenvalue weighted by Gasteiger charge is -2.04. The zero-order valence-electron chi connectivity index (χ0n) is 12.2. The third-order valence-corrected chi connectivity index (χ3v) is 2.94. The Morgan fingerprint density at radius 2 is 2.00 bits per heavy atom. The summed E-state index contributed by atoms with van der Waals surface area (Å²) in [5.74, 6) is 5.24. The maximum atomic E-state index is 13.3. The molecule has 1 amide bonds. The summed E-state index contributed by atoms with van der Waals surface area (Å²) in [6, 6.07) is 14.2. The number of carbonyl (C=O) groups excluding carboxylic acids is 1. The van der Waals surface area contributed by atoms with Crippen LogP contribution in [0.3, 0.4) is 0 Å². The molecule has 0 heterocycles. The molecule has 4 heteroatoms. The minimum Gasteiger partial charge on any atom is -0.445 e. The standard InChI is InChI=1S/C18H16FNO2/c1-14-9-10-15(12-17(14)19)8-5-11-20-18(21)22-13-16-6-3-2-4-7-16/h2-4,6-7,9-10,12H,11,13H2,1H3,(H,20,21). The highest BCUT2D eigenvalue weighted by Gasteiger charge is 2.00. The van der Waals surface area contributed by atoms with Crippen molar-refractivity contribution >= 4 is 6.09 Å². The number of hydrogen-bond donors (Lipinski definition) is 1. The molecule has 0 aliphatic rings. The normalized spacial score (nSPS) is 9.55. The molecular weight excluding hydrogens is 281 g/mol. The smallest absolute Gasteiger partial charge is 0.408 e. The highest BCUT2D eigenvalue weighted by atomic mass is 19.1. The number of carbonyl (C=O) groups is 1. The van der Waals surface area contributed by atoms with Gasteiger partial charge in [-0.3, -0.25) is 0 Å². The van der Waals surface area contributed by atoms with E-state index in [0.717, 1.165) is 5.56 Å². The number of rotatable bonds is 3. The van der Waals surface area contributed by atoms with Crippen molar-refractivity contribution in [1.82, 2.24) is 5.32 Å². The highest BCUT2D eigenvalue weighted by Crippen LogP contribution is 2.07. The minimum absolute atomic E-state index is 0.142. The van der Waals surface area contributed by atoms with Crippen molar-refractivity contribution in [3.63, 3.8) is 0 Å². The second-order valence-corrected chi connectivity index (χ2v) is 4.68. The molecule has 2 aromatic carbocycles. The van der Waals surface area contributed by atoms with Crippen LogP contribution >= 0.6 is 0 Å². The van der Waals surface area contributed by atoms with Crippen molar-refractivity contribution in [2.45, 2.75) is 13.5 Å². The monoisotopic (exact) mass is 297 g/mol. The average Bonchev–Trinajstić information content (AvgIpc) is 2.54. The molecule has 0 fully saturated rings. The lowest BCUT2D eigenvalue weighted by atomic mass is 10.1. The fourth-order valence-electron chi connectivity index (χ4n) is 1.71. The van der Waals surface area contributed by atoms with E-state index in [1.54, 1.807) is 19.1 Å². The zero-order chi connectivity index (χ0) is 15.8. The molecule has 0 bridgehead atoms. The second-order valence-electron chi connectivity index (χ2n) is 4.68. The van der Waals surface area contributed by atoms with E-state index >= 15 is 0 Å². The van der Waals surface area contributed by atoms with Gasteiger partial charge in [-0.05, 0) is 30.2 Å². The summed E-state index contributed by atoms with van der Waals surface area (Å²) in [4.78, 5) is 11.5. The molecule has 2 rings (SSSR count). The van der Waals surface area contributed by atoms with Crippen molar-refractivity contribution in [3.05, 3.63) is 71.0 Å². The van der Waals surface area contributed by atoms with E-state index in [4.69, 9.17) is 4.74 Å². The lowest BCUT2D eigenvalue weighted by molar-refractivity contribution is 0.141. The topological polar surface area (TPSA) is 38.3 Å². The van der Waals surface area contributed by atoms with Crippen molar-refractivity contribution in [2.75, 3.05) is 6.54 Å². The predicted octanol–water partition coefficient (Wildman–Crippen LogP) is 3.41. The van der Waals surface area contributed by atoms with Crippen LogP contribution < -0.4 is 5.32 Å². The fraction of sp³-hybridized carbons (Fsp3) is 0.167. The molecule has 0 aliphatic carbocycles. The zero-order valence-corrected chi connectivity index (χ0v) is 12.2. The number of nitrogens with one attached hydrogen (secondary N) is 1. The van der Waals surface area contributed by atoms with Crippen molar-refractivity contribution in [2.24, 2.45) is 0 Å². The van der Waals surface area contributed by atoms with E-state index in [0.29, 0.717) is 11.1 Å². The van der Waals surface area contributed by atoms with Crippen LogP contribution in [-0.2, 0) is 11.3 Å². The van der Waals surface area contributed by atoms with E-state index in [9.17, 15) is 9.18 Å². The molecule has 112 valence electrons. The first-order valence-corrected chi connectivity index (χ1v) is 6.85. The van der Waals surface area contributed by atoms with Gasteiger partial charge in [-0.25, -0.2) is 9.18 Å². The van der Waals surface area contributed by atoms with Crippen LogP contribution in [0.4, 0.5) is 9.18 Å². The van der Waals surface area contributed by atoms with Crippen LogP contribution in [0.15, 0.2) is 48.5 Å². The maximum Gasteiger partial charge on any atom is 0.408 e. The van der Waals surface area contributed by atoms with Gasteiger partial charge < -0.3 is 10.1 Å². The Labute approximate surface area is 129 Å². The molecule has 0 saturated heterocycles. The predicted molar refractivity (Wildman–Crippen MR) is 82.6 cm³/mol. The molecule has 3 nitrogen and oxygen atoms in total. The van der Waals surface area contributed by atoms with Crippen molar-refractivity contribution in [1.29, 1.82) is 0 Å². The van der Waals surface area contributed by atoms with Gasteiger partial charge in [0.05, 0.1) is 6.54 Å². The first kappa shape index (κ1) is 15.6. The molecule has 0 atom stereocenters. The van der Waals surface area contributed by atoms with Crippen LogP contribution in [0.2, 0.25) is 0 Å². The van der Waals surface area contributed by atoms with Crippen molar-refractivity contribution in [3.8, 4) is 11.8 Å². The first-order valence-electron chi connectivity index (χ1n) is 6.85. The molecule has 0 saturated carbocycles. The summed E-state index contributed by atoms with van der Waals surface area (Å²) in [6.45, 7) is 2.04. The Kier molecular flexibility index (Phi) is 5.56. The summed E-state index contributed by atoms with van der Waals surface area (Å²) in [5.41, 5.74) is 2.06. The number of aryl methyl sites for hydroxylation is 1. The molecule has 0 aliphatic heterocycles. The SMILES string of the molecule is Cc1ccc(C#CCNC(=O)OCc2ccccc2)cc1F. The van der Waals surface area contributed by atoms with Crippen LogP contribution in [0.1, 0.15) is 16.7 Å². The van der Waals surface area contributed by atoms with Gasteiger partial charge in [0.2, 0.25) is 0 Å². The summed E-state index contributed by atoms with van der Waals surface area (Å²) in [5, 5.41) is 2.52. The Morgan fingerprint density at radius 3 is 2.73 bits per heavy atom. The number of alkyl carbamates (subject to hydrolysis) is 1. The molecule has 0 radical (unpaired) electrons. The molecule has 0 spiro atoms. The third-order valence-electron chi connectivity index (χ3n) is 2.94. The van der Waals surface area contributed by atoms with Crippen molar-refractivity contribution < 1.29 is 13.9 Å². The highest BCUT2D eigenvalue weighted by molar-refractivity contribution is 5.67. The largest absolute Gasteiger partial charge is 0.445 e. The Morgan fingerprint density at radius 1 is 1.23 bits per heavy atom. The molecule has 22 heavy (non-hydrogen) atoms. The number of benzene rings is 2. The van der Waals surface area contributed by atoms with E-state index in [-0.39, 0.29) is 19.0 Å². The van der Waals surface area contributed by atoms with Gasteiger partial charge >= 0.3 is 6.09 Å². The van der Waals surface area contributed by atoms with Gasteiger partial charge in [0.25, 0.3) is 0 Å². The Hall–Kier alpha value is -2.80. The maximum absolute atomic E-state index is 13.3. The molecule has 2 aromatic rings. The van der Waals surface area contributed by atoms with Crippen LogP contribution in [-0.4, -0.2) is 12.6 Å². The fourth-order valence-corrected chi connectivity index (χ4v) is 1.71. The summed E-state index contributed by atoms with van der Waals surface area (Å²) in [6.07, 6.45) is -0.534. The van der Waals surface area contributed by atoms with Crippen LogP contribution in [0.25, 0.3) is 0 Å². The quantitative estimate of drug-likeness (QED) is 0.882.